The molecule has 0 bridgehead atoms. The highest BCUT2D eigenvalue weighted by molar-refractivity contribution is 7.99. The van der Waals surface area contributed by atoms with Crippen LogP contribution in [0, 0.1) is 0 Å². The maximum atomic E-state index is 5.77. The molecule has 0 saturated carbocycles. The first-order valence-electron chi connectivity index (χ1n) is 9.97. The van der Waals surface area contributed by atoms with Crippen molar-refractivity contribution in [2.24, 2.45) is 0 Å². The van der Waals surface area contributed by atoms with Crippen LogP contribution in [0.5, 0.6) is 17.2 Å². The van der Waals surface area contributed by atoms with Crippen molar-refractivity contribution < 1.29 is 14.2 Å². The summed E-state index contributed by atoms with van der Waals surface area (Å²) >= 11 is 2.04. The zero-order valence-corrected chi connectivity index (χ0v) is 19.3. The van der Waals surface area contributed by atoms with Crippen molar-refractivity contribution >= 4 is 24.2 Å². The number of halogens is 1. The van der Waals surface area contributed by atoms with Crippen LogP contribution >= 0.6 is 24.2 Å². The lowest BCUT2D eigenvalue weighted by Crippen LogP contribution is -2.35. The molecular formula is C23H32ClNO3S. The Bertz CT molecular complexity index is 756. The van der Waals surface area contributed by atoms with Gasteiger partial charge in [0, 0.05) is 17.3 Å². The van der Waals surface area contributed by atoms with Gasteiger partial charge in [-0.3, -0.25) is 0 Å². The molecule has 2 aromatic carbocycles. The van der Waals surface area contributed by atoms with Crippen molar-refractivity contribution in [3.8, 4) is 17.2 Å². The van der Waals surface area contributed by atoms with Crippen LogP contribution in [0.4, 0.5) is 0 Å². The summed E-state index contributed by atoms with van der Waals surface area (Å²) < 4.78 is 16.5. The molecule has 2 unspecified atom stereocenters. The van der Waals surface area contributed by atoms with Crippen molar-refractivity contribution in [3.63, 3.8) is 0 Å². The molecule has 0 aromatic heterocycles. The Morgan fingerprint density at radius 1 is 1.07 bits per heavy atom. The van der Waals surface area contributed by atoms with Crippen LogP contribution < -0.4 is 19.5 Å². The van der Waals surface area contributed by atoms with E-state index in [0.717, 1.165) is 29.4 Å². The van der Waals surface area contributed by atoms with Gasteiger partial charge in [0.2, 0.25) is 0 Å². The topological polar surface area (TPSA) is 39.7 Å². The number of rotatable bonds is 8. The number of methoxy groups -OCH3 is 2. The maximum absolute atomic E-state index is 5.77. The molecule has 1 aliphatic heterocycles. The molecule has 1 fully saturated rings. The quantitative estimate of drug-likeness (QED) is 0.564. The smallest absolute Gasteiger partial charge is 0.161 e. The normalized spacial score (nSPS) is 19.7. The van der Waals surface area contributed by atoms with E-state index in [0.29, 0.717) is 23.9 Å². The molecule has 4 nitrogen and oxygen atoms in total. The average Bonchev–Trinajstić information content (AvgIpc) is 2.74. The minimum absolute atomic E-state index is 0. The molecule has 1 N–H and O–H groups in total. The van der Waals surface area contributed by atoms with Gasteiger partial charge in [0.1, 0.15) is 5.75 Å². The van der Waals surface area contributed by atoms with Crippen molar-refractivity contribution in [2.75, 3.05) is 26.6 Å². The summed E-state index contributed by atoms with van der Waals surface area (Å²) in [5, 5.41) is 4.30. The second-order valence-electron chi connectivity index (χ2n) is 7.09. The molecule has 160 valence electrons. The number of hydrogen-bond acceptors (Lipinski definition) is 5. The SMILES string of the molecule is CCOc1cc(C2CC(N[C@H](C)c3ccc(OC)cc3)CCS2)ccc1OC.Cl. The lowest BCUT2D eigenvalue weighted by molar-refractivity contribution is 0.310. The summed E-state index contributed by atoms with van der Waals surface area (Å²) in [4.78, 5) is 0. The molecule has 1 heterocycles. The monoisotopic (exact) mass is 437 g/mol. The van der Waals surface area contributed by atoms with Gasteiger partial charge in [-0.1, -0.05) is 18.2 Å². The Balaban J connectivity index is 0.00000300. The molecule has 1 aliphatic rings. The predicted octanol–water partition coefficient (Wildman–Crippen LogP) is 5.81. The van der Waals surface area contributed by atoms with E-state index >= 15 is 0 Å². The lowest BCUT2D eigenvalue weighted by atomic mass is 9.99. The van der Waals surface area contributed by atoms with Gasteiger partial charge in [0.25, 0.3) is 0 Å². The second-order valence-corrected chi connectivity index (χ2v) is 8.40. The van der Waals surface area contributed by atoms with Gasteiger partial charge >= 0.3 is 0 Å². The minimum Gasteiger partial charge on any atom is -0.497 e. The molecule has 3 atom stereocenters. The van der Waals surface area contributed by atoms with Crippen LogP contribution in [0.2, 0.25) is 0 Å². The molecule has 0 spiro atoms. The van der Waals surface area contributed by atoms with Crippen molar-refractivity contribution in [2.45, 2.75) is 44.0 Å². The van der Waals surface area contributed by atoms with E-state index in [-0.39, 0.29) is 12.4 Å². The van der Waals surface area contributed by atoms with Crippen LogP contribution in [-0.4, -0.2) is 32.6 Å². The van der Waals surface area contributed by atoms with Crippen LogP contribution in [0.1, 0.15) is 49.1 Å². The molecular weight excluding hydrogens is 406 g/mol. The van der Waals surface area contributed by atoms with Crippen molar-refractivity contribution in [1.82, 2.24) is 5.32 Å². The Morgan fingerprint density at radius 3 is 2.48 bits per heavy atom. The summed E-state index contributed by atoms with van der Waals surface area (Å²) in [5.41, 5.74) is 2.61. The largest absolute Gasteiger partial charge is 0.497 e. The van der Waals surface area contributed by atoms with E-state index in [9.17, 15) is 0 Å². The summed E-state index contributed by atoms with van der Waals surface area (Å²) in [6.07, 6.45) is 2.30. The standard InChI is InChI=1S/C23H31NO3S.ClH/c1-5-27-22-14-18(8-11-21(22)26-4)23-15-19(12-13-28-23)24-16(2)17-6-9-20(25-3)10-7-17;/h6-11,14,16,19,23-24H,5,12-13,15H2,1-4H3;1H/t16-,19?,23?;/m1./s1. The highest BCUT2D eigenvalue weighted by atomic mass is 35.5. The van der Waals surface area contributed by atoms with E-state index in [4.69, 9.17) is 14.2 Å². The fraction of sp³-hybridized carbons (Fsp3) is 0.478. The highest BCUT2D eigenvalue weighted by Gasteiger charge is 2.25. The lowest BCUT2D eigenvalue weighted by Gasteiger charge is -2.32. The Labute approximate surface area is 185 Å². The van der Waals surface area contributed by atoms with Crippen molar-refractivity contribution in [1.29, 1.82) is 0 Å². The zero-order valence-electron chi connectivity index (χ0n) is 17.6. The van der Waals surface area contributed by atoms with Gasteiger partial charge in [0.05, 0.1) is 20.8 Å². The molecule has 29 heavy (non-hydrogen) atoms. The third kappa shape index (κ3) is 6.21. The van der Waals surface area contributed by atoms with Gasteiger partial charge in [-0.2, -0.15) is 11.8 Å². The summed E-state index contributed by atoms with van der Waals surface area (Å²) in [6, 6.07) is 15.5. The Hall–Kier alpha value is -1.56. The highest BCUT2D eigenvalue weighted by Crippen LogP contribution is 2.41. The van der Waals surface area contributed by atoms with E-state index in [2.05, 4.69) is 36.5 Å². The summed E-state index contributed by atoms with van der Waals surface area (Å²) in [5.74, 6) is 3.70. The molecule has 0 amide bonds. The second kappa shape index (κ2) is 11.6. The van der Waals surface area contributed by atoms with Crippen LogP contribution in [0.25, 0.3) is 0 Å². The third-order valence-electron chi connectivity index (χ3n) is 5.24. The number of ether oxygens (including phenoxy) is 3. The van der Waals surface area contributed by atoms with E-state index in [1.807, 2.05) is 36.9 Å². The number of nitrogens with one attached hydrogen (secondary N) is 1. The molecule has 0 aliphatic carbocycles. The number of benzene rings is 2. The zero-order chi connectivity index (χ0) is 19.9. The average molecular weight is 438 g/mol. The first-order chi connectivity index (χ1) is 13.6. The fourth-order valence-corrected chi connectivity index (χ4v) is 5.10. The third-order valence-corrected chi connectivity index (χ3v) is 6.58. The number of hydrogen-bond donors (Lipinski definition) is 1. The molecule has 2 aromatic rings. The van der Waals surface area contributed by atoms with Crippen LogP contribution in [-0.2, 0) is 0 Å². The van der Waals surface area contributed by atoms with Gasteiger partial charge < -0.3 is 19.5 Å². The van der Waals surface area contributed by atoms with Crippen LogP contribution in [0.15, 0.2) is 42.5 Å². The summed E-state index contributed by atoms with van der Waals surface area (Å²) in [7, 11) is 3.39. The molecule has 3 rings (SSSR count). The van der Waals surface area contributed by atoms with Gasteiger partial charge in [0.15, 0.2) is 11.5 Å². The molecule has 1 saturated heterocycles. The maximum Gasteiger partial charge on any atom is 0.161 e. The minimum atomic E-state index is 0. The van der Waals surface area contributed by atoms with Gasteiger partial charge in [-0.15, -0.1) is 12.4 Å². The van der Waals surface area contributed by atoms with E-state index in [1.165, 1.54) is 17.5 Å². The van der Waals surface area contributed by atoms with Gasteiger partial charge in [-0.25, -0.2) is 0 Å². The molecule has 0 radical (unpaired) electrons. The first kappa shape index (κ1) is 23.7. The summed E-state index contributed by atoms with van der Waals surface area (Å²) in [6.45, 7) is 4.88. The van der Waals surface area contributed by atoms with E-state index in [1.54, 1.807) is 14.2 Å². The van der Waals surface area contributed by atoms with Crippen LogP contribution in [0.3, 0.4) is 0 Å². The molecule has 6 heteroatoms. The first-order valence-corrected chi connectivity index (χ1v) is 11.0. The van der Waals surface area contributed by atoms with Gasteiger partial charge in [-0.05, 0) is 67.8 Å². The number of thioether (sulfide) groups is 1. The Kier molecular flexibility index (Phi) is 9.47. The van der Waals surface area contributed by atoms with Crippen molar-refractivity contribution in [3.05, 3.63) is 53.6 Å². The predicted molar refractivity (Wildman–Crippen MR) is 124 cm³/mol. The Morgan fingerprint density at radius 2 is 1.83 bits per heavy atom. The fourth-order valence-electron chi connectivity index (χ4n) is 3.68. The van der Waals surface area contributed by atoms with E-state index < -0.39 is 0 Å².